The summed E-state index contributed by atoms with van der Waals surface area (Å²) in [4.78, 5) is 3.21. The zero-order chi connectivity index (χ0) is 21.4. The number of halogens is 2. The van der Waals surface area contributed by atoms with Crippen molar-refractivity contribution in [2.75, 3.05) is 0 Å². The van der Waals surface area contributed by atoms with Crippen LogP contribution in [-0.2, 0) is 6.42 Å². The molecule has 0 fully saturated rings. The molecule has 0 saturated heterocycles. The Kier molecular flexibility index (Phi) is 11.9. The van der Waals surface area contributed by atoms with Crippen molar-refractivity contribution in [3.8, 4) is 0 Å². The smallest absolute Gasteiger partial charge is 0.0708 e. The molecule has 3 unspecified atom stereocenters. The molecule has 0 spiro atoms. The summed E-state index contributed by atoms with van der Waals surface area (Å²) >= 11 is 9.69. The first-order valence-corrected chi connectivity index (χ1v) is 16.9. The van der Waals surface area contributed by atoms with Gasteiger partial charge in [0.25, 0.3) is 0 Å². The van der Waals surface area contributed by atoms with Gasteiger partial charge in [0.15, 0.2) is 0 Å². The van der Waals surface area contributed by atoms with Gasteiger partial charge in [-0.1, -0.05) is 79.1 Å². The second-order valence-corrected chi connectivity index (χ2v) is 15.5. The fraction of sp³-hybridized carbons (Fsp3) is 0.667. The van der Waals surface area contributed by atoms with E-state index in [1.807, 2.05) is 11.3 Å². The second kappa shape index (κ2) is 13.3. The molecule has 0 amide bonds. The Balaban J connectivity index is 2.35. The van der Waals surface area contributed by atoms with Crippen LogP contribution in [0.2, 0.25) is 0 Å². The summed E-state index contributed by atoms with van der Waals surface area (Å²) in [5, 5.41) is 0. The summed E-state index contributed by atoms with van der Waals surface area (Å²) in [6.45, 7) is 9.36. The van der Waals surface area contributed by atoms with E-state index in [4.69, 9.17) is 0 Å². The lowest BCUT2D eigenvalue weighted by Crippen LogP contribution is -2.04. The maximum absolute atomic E-state index is 3.91. The van der Waals surface area contributed by atoms with Crippen LogP contribution in [0.5, 0.6) is 0 Å². The normalized spacial score (nSPS) is 19.0. The minimum absolute atomic E-state index is 0.195. The third-order valence-corrected chi connectivity index (χ3v) is 14.0. The molecule has 1 aromatic heterocycles. The number of unbranched alkanes of at least 4 members (excludes halogenated alkanes) is 2. The number of hydrogen-bond donors (Lipinski definition) is 0. The van der Waals surface area contributed by atoms with Gasteiger partial charge in [0.2, 0.25) is 0 Å². The molecule has 0 aliphatic carbocycles. The Morgan fingerprint density at radius 3 is 2.10 bits per heavy atom. The first-order chi connectivity index (χ1) is 13.9. The summed E-state index contributed by atoms with van der Waals surface area (Å²) in [7, 11) is 2.36. The number of thiophene rings is 1. The fourth-order valence-corrected chi connectivity index (χ4v) is 9.88. The van der Waals surface area contributed by atoms with Crippen molar-refractivity contribution in [3.63, 3.8) is 0 Å². The van der Waals surface area contributed by atoms with E-state index in [9.17, 15) is 0 Å². The molecule has 0 radical (unpaired) electrons. The maximum Gasteiger partial charge on any atom is 0.0708 e. The van der Waals surface area contributed by atoms with Crippen LogP contribution in [-0.4, -0.2) is 8.95 Å². The number of rotatable bonds is 13. The Bertz CT molecular complexity index is 748. The predicted molar refractivity (Wildman–Crippen MR) is 147 cm³/mol. The van der Waals surface area contributed by atoms with E-state index < -0.39 is 0 Å². The summed E-state index contributed by atoms with van der Waals surface area (Å²) < 4.78 is 2.70. The highest BCUT2D eigenvalue weighted by atomic mass is 79.9. The van der Waals surface area contributed by atoms with Gasteiger partial charge in [-0.05, 0) is 79.8 Å². The minimum atomic E-state index is 0.195. The second-order valence-electron chi connectivity index (χ2n) is 8.34. The van der Waals surface area contributed by atoms with Gasteiger partial charge in [-0.3, -0.25) is 0 Å². The molecule has 164 valence electrons. The summed E-state index contributed by atoms with van der Waals surface area (Å²) in [6, 6.07) is 2.42. The van der Waals surface area contributed by atoms with Crippen LogP contribution in [0.15, 0.2) is 25.3 Å². The third-order valence-electron chi connectivity index (χ3n) is 6.15. The van der Waals surface area contributed by atoms with Crippen LogP contribution < -0.4 is 0 Å². The van der Waals surface area contributed by atoms with Gasteiger partial charge in [-0.25, -0.2) is 0 Å². The average Bonchev–Trinajstić information content (AvgIpc) is 3.20. The van der Waals surface area contributed by atoms with E-state index in [0.29, 0.717) is 0 Å². The van der Waals surface area contributed by atoms with Crippen LogP contribution >= 0.6 is 53.1 Å². The molecule has 5 heteroatoms. The molecule has 1 aliphatic rings. The highest BCUT2D eigenvalue weighted by Crippen LogP contribution is 2.54. The van der Waals surface area contributed by atoms with E-state index in [0.717, 1.165) is 11.8 Å². The Labute approximate surface area is 205 Å². The molecular formula is C24H38Br2S2Si. The molecule has 0 saturated carbocycles. The lowest BCUT2D eigenvalue weighted by Gasteiger charge is -2.18. The monoisotopic (exact) mass is 576 g/mol. The topological polar surface area (TPSA) is 0 Å². The zero-order valence-corrected chi connectivity index (χ0v) is 24.9. The molecule has 0 N–H and O–H groups in total. The van der Waals surface area contributed by atoms with E-state index in [2.05, 4.69) is 80.6 Å². The van der Waals surface area contributed by atoms with Crippen molar-refractivity contribution in [2.45, 2.75) is 91.9 Å². The maximum atomic E-state index is 3.91. The highest BCUT2D eigenvalue weighted by Gasteiger charge is 2.25. The molecule has 1 aliphatic heterocycles. The number of hydrogen-bond acceptors (Lipinski definition) is 1. The van der Waals surface area contributed by atoms with Gasteiger partial charge < -0.3 is 0 Å². The first-order valence-electron chi connectivity index (χ1n) is 11.4. The van der Waals surface area contributed by atoms with Crippen molar-refractivity contribution in [1.82, 2.24) is 0 Å². The SMILES string of the molecule is CCCCC(CC)CC1=C(c2sc(Br)cc2CC(CC)CCCC)S(=[SiH2])C(Br)=C1. The molecule has 3 atom stereocenters. The zero-order valence-electron chi connectivity index (χ0n) is 18.7. The van der Waals surface area contributed by atoms with Crippen molar-refractivity contribution in [2.24, 2.45) is 11.8 Å². The summed E-state index contributed by atoms with van der Waals surface area (Å²) in [5.74, 6) is 1.63. The highest BCUT2D eigenvalue weighted by molar-refractivity contribution is 9.14. The van der Waals surface area contributed by atoms with Gasteiger partial charge in [0, 0.05) is 22.5 Å². The van der Waals surface area contributed by atoms with Crippen LogP contribution in [0.4, 0.5) is 0 Å². The molecule has 2 heterocycles. The van der Waals surface area contributed by atoms with E-state index in [-0.39, 0.29) is 9.89 Å². The average molecular weight is 579 g/mol. The summed E-state index contributed by atoms with van der Waals surface area (Å²) in [6.07, 6.45) is 15.6. The summed E-state index contributed by atoms with van der Waals surface area (Å²) in [5.41, 5.74) is 3.19. The molecule has 0 bridgehead atoms. The fourth-order valence-electron chi connectivity index (χ4n) is 4.19. The molecule has 2 rings (SSSR count). The third kappa shape index (κ3) is 7.37. The van der Waals surface area contributed by atoms with Crippen LogP contribution in [0, 0.1) is 11.8 Å². The lowest BCUT2D eigenvalue weighted by molar-refractivity contribution is 0.449. The van der Waals surface area contributed by atoms with Gasteiger partial charge in [0.1, 0.15) is 0 Å². The van der Waals surface area contributed by atoms with Crippen LogP contribution in [0.3, 0.4) is 0 Å². The molecule has 0 aromatic carbocycles. The van der Waals surface area contributed by atoms with Gasteiger partial charge in [-0.2, -0.15) is 0 Å². The minimum Gasteiger partial charge on any atom is -0.150 e. The molecular weight excluding hydrogens is 540 g/mol. The number of allylic oxidation sites excluding steroid dienone is 2. The van der Waals surface area contributed by atoms with Crippen molar-refractivity contribution in [3.05, 3.63) is 35.8 Å². The Morgan fingerprint density at radius 2 is 1.55 bits per heavy atom. The molecule has 0 nitrogen and oxygen atoms in total. The quantitative estimate of drug-likeness (QED) is 0.205. The molecule has 29 heavy (non-hydrogen) atoms. The van der Waals surface area contributed by atoms with E-state index in [1.165, 1.54) is 71.8 Å². The lowest BCUT2D eigenvalue weighted by atomic mass is 9.90. The van der Waals surface area contributed by atoms with Crippen molar-refractivity contribution < 1.29 is 0 Å². The van der Waals surface area contributed by atoms with Crippen molar-refractivity contribution >= 4 is 66.9 Å². The van der Waals surface area contributed by atoms with E-state index >= 15 is 0 Å². The van der Waals surface area contributed by atoms with Crippen LogP contribution in [0.25, 0.3) is 4.91 Å². The van der Waals surface area contributed by atoms with Gasteiger partial charge in [-0.15, -0.1) is 21.2 Å². The Morgan fingerprint density at radius 1 is 0.966 bits per heavy atom. The van der Waals surface area contributed by atoms with E-state index in [1.54, 1.807) is 20.9 Å². The predicted octanol–water partition coefficient (Wildman–Crippen LogP) is 9.65. The standard InChI is InChI=1S/C24H38Br2S2Si/c1-5-9-11-17(7-3)13-19-15-21(25)27-23(19)24-20(16-22(26)28(24)29)14-18(8-4)12-10-6-2/h15-18H,5-14,29H2,1-4H3. The van der Waals surface area contributed by atoms with Gasteiger partial charge in [0.05, 0.1) is 3.79 Å². The Hall–Kier alpha value is 0.707. The van der Waals surface area contributed by atoms with Crippen molar-refractivity contribution in [1.29, 1.82) is 0 Å². The van der Waals surface area contributed by atoms with Gasteiger partial charge >= 0.3 is 0 Å². The van der Waals surface area contributed by atoms with Crippen LogP contribution in [0.1, 0.15) is 95.9 Å². The first kappa shape index (κ1) is 26.0. The molecule has 1 aromatic rings. The largest absolute Gasteiger partial charge is 0.150 e.